The van der Waals surface area contributed by atoms with E-state index in [0.29, 0.717) is 0 Å². The monoisotopic (exact) mass is 638 g/mol. The van der Waals surface area contributed by atoms with Crippen LogP contribution in [0.2, 0.25) is 0 Å². The summed E-state index contributed by atoms with van der Waals surface area (Å²) in [5.74, 6) is -0.153. The molecule has 0 atom stereocenters. The first-order chi connectivity index (χ1) is 15.3. The fourth-order valence-corrected chi connectivity index (χ4v) is 3.15. The van der Waals surface area contributed by atoms with E-state index in [1.807, 2.05) is 0 Å². The van der Waals surface area contributed by atoms with Crippen LogP contribution in [0.15, 0.2) is 24.3 Å². The molecule has 33 heavy (non-hydrogen) atoms. The average molecular weight is 638 g/mol. The minimum Gasteiger partial charge on any atom is 0 e. The Kier molecular flexibility index (Phi) is 45.0. The molecule has 0 fully saturated rings. The van der Waals surface area contributed by atoms with Crippen molar-refractivity contribution in [3.63, 3.8) is 0 Å². The van der Waals surface area contributed by atoms with Crippen molar-refractivity contribution in [2.24, 2.45) is 0 Å². The van der Waals surface area contributed by atoms with Crippen molar-refractivity contribution >= 4 is 0 Å². The van der Waals surface area contributed by atoms with Gasteiger partial charge in [0.05, 0.1) is 52.4 Å². The summed E-state index contributed by atoms with van der Waals surface area (Å²) in [6.45, 7) is 41.9. The van der Waals surface area contributed by atoms with Gasteiger partial charge in [0.15, 0.2) is 11.5 Å². The summed E-state index contributed by atoms with van der Waals surface area (Å²) in [5, 5.41) is 17.3. The third kappa shape index (κ3) is 22.2. The average Bonchev–Trinajstić information content (AvgIpc) is 2.89. The van der Waals surface area contributed by atoms with Crippen molar-refractivity contribution < 1.29 is 54.2 Å². The SMILES string of the molecule is CC[N+](CC)(CC)CC.CC[N+](CC)(CC)CC.Oc1ccccc1O.[C-]#[O+].[C-]#[O+].[C-]#[O+].[W]. The number of hydrogen-bond acceptors (Lipinski definition) is 2. The van der Waals surface area contributed by atoms with Gasteiger partial charge in [0.1, 0.15) is 0 Å². The number of nitrogens with zero attached hydrogens (tertiary/aromatic N) is 2. The van der Waals surface area contributed by atoms with Gasteiger partial charge in [-0.3, -0.25) is 0 Å². The molecule has 0 amide bonds. The molecule has 2 N–H and O–H groups in total. The molecule has 190 valence electrons. The largest absolute Gasteiger partial charge is 0 e. The standard InChI is InChI=1S/2C8H20N.C6H6O2.3CO.W/c2*1-5-9(6-2,7-3)8-4;7-5-3-1-2-4-6(5)8;3*1-2;/h2*5-8H2,1-4H3;1-4,7-8H;;;;/q2*+1;;;;;. The maximum atomic E-state index is 8.67. The van der Waals surface area contributed by atoms with Crippen molar-refractivity contribution in [2.75, 3.05) is 52.4 Å². The molecule has 7 nitrogen and oxygen atoms in total. The minimum atomic E-state index is -0.0764. The summed E-state index contributed by atoms with van der Waals surface area (Å²) in [4.78, 5) is 0. The van der Waals surface area contributed by atoms with Crippen LogP contribution in [0.25, 0.3) is 0 Å². The molecule has 8 heteroatoms. The fourth-order valence-electron chi connectivity index (χ4n) is 3.15. The zero-order valence-corrected chi connectivity index (χ0v) is 24.8. The van der Waals surface area contributed by atoms with Crippen molar-refractivity contribution in [3.8, 4) is 11.5 Å². The first-order valence-electron chi connectivity index (χ1n) is 11.1. The molecule has 0 aliphatic carbocycles. The Morgan fingerprint density at radius 2 is 0.667 bits per heavy atom. The van der Waals surface area contributed by atoms with E-state index in [9.17, 15) is 0 Å². The second-order valence-corrected chi connectivity index (χ2v) is 6.70. The van der Waals surface area contributed by atoms with Gasteiger partial charge in [-0.15, -0.1) is 0 Å². The number of quaternary nitrogens is 2. The van der Waals surface area contributed by atoms with E-state index in [-0.39, 0.29) is 32.6 Å². The van der Waals surface area contributed by atoms with Crippen molar-refractivity contribution in [2.45, 2.75) is 55.4 Å². The summed E-state index contributed by atoms with van der Waals surface area (Å²) >= 11 is 0. The molecule has 0 heterocycles. The van der Waals surface area contributed by atoms with Crippen LogP contribution < -0.4 is 0 Å². The Morgan fingerprint density at radius 3 is 0.727 bits per heavy atom. The Hall–Kier alpha value is -1.35. The first kappa shape index (κ1) is 45.2. The van der Waals surface area contributed by atoms with Crippen LogP contribution in [0.1, 0.15) is 55.4 Å². The van der Waals surface area contributed by atoms with Crippen LogP contribution in [-0.4, -0.2) is 71.5 Å². The molecular formula is C25H46N2O5W+2. The van der Waals surface area contributed by atoms with Crippen LogP contribution in [0, 0.1) is 20.0 Å². The van der Waals surface area contributed by atoms with Crippen LogP contribution in [0.4, 0.5) is 0 Å². The summed E-state index contributed by atoms with van der Waals surface area (Å²) in [5.41, 5.74) is 0. The molecule has 0 aromatic heterocycles. The molecule has 0 aliphatic heterocycles. The maximum absolute atomic E-state index is 8.67. The third-order valence-electron chi connectivity index (χ3n) is 6.25. The molecule has 0 unspecified atom stereocenters. The van der Waals surface area contributed by atoms with Gasteiger partial charge in [0.25, 0.3) is 0 Å². The van der Waals surface area contributed by atoms with E-state index in [0.717, 1.165) is 0 Å². The molecule has 0 aliphatic rings. The second kappa shape index (κ2) is 32.8. The number of rotatable bonds is 8. The number of para-hydroxylation sites is 2. The summed E-state index contributed by atoms with van der Waals surface area (Å²) in [6.07, 6.45) is 0. The predicted octanol–water partition coefficient (Wildman–Crippen LogP) is 4.75. The molecule has 0 bridgehead atoms. The molecule has 0 saturated carbocycles. The zero-order valence-electron chi connectivity index (χ0n) is 21.9. The van der Waals surface area contributed by atoms with Crippen molar-refractivity contribution in [1.29, 1.82) is 0 Å². The van der Waals surface area contributed by atoms with Gasteiger partial charge in [0, 0.05) is 21.1 Å². The fraction of sp³-hybridized carbons (Fsp3) is 0.640. The van der Waals surface area contributed by atoms with E-state index >= 15 is 0 Å². The first-order valence-corrected chi connectivity index (χ1v) is 11.1. The quantitative estimate of drug-likeness (QED) is 0.186. The second-order valence-electron chi connectivity index (χ2n) is 6.70. The number of hydrogen-bond donors (Lipinski definition) is 2. The molecule has 0 radical (unpaired) electrons. The molecule has 1 aromatic rings. The van der Waals surface area contributed by atoms with E-state index in [4.69, 9.17) is 24.2 Å². The number of phenolic OH excluding ortho intramolecular Hbond substituents is 2. The normalized spacial score (nSPS) is 8.91. The smallest absolute Gasteiger partial charge is 0 e. The van der Waals surface area contributed by atoms with Crippen LogP contribution in [0.3, 0.4) is 0 Å². The minimum absolute atomic E-state index is 0. The van der Waals surface area contributed by atoms with E-state index < -0.39 is 0 Å². The van der Waals surface area contributed by atoms with Gasteiger partial charge in [-0.25, -0.2) is 0 Å². The van der Waals surface area contributed by atoms with E-state index in [2.05, 4.69) is 75.3 Å². The number of phenols is 2. The number of aromatic hydroxyl groups is 2. The van der Waals surface area contributed by atoms with Crippen molar-refractivity contribution in [1.82, 2.24) is 0 Å². The van der Waals surface area contributed by atoms with Gasteiger partial charge >= 0.3 is 33.9 Å². The number of benzene rings is 1. The van der Waals surface area contributed by atoms with Gasteiger partial charge in [-0.2, -0.15) is 0 Å². The molecule has 0 spiro atoms. The summed E-state index contributed by atoms with van der Waals surface area (Å²) < 4.78 is 25.1. The molecule has 1 rings (SSSR count). The van der Waals surface area contributed by atoms with Crippen LogP contribution in [-0.2, 0) is 35.0 Å². The van der Waals surface area contributed by atoms with Gasteiger partial charge in [-0.05, 0) is 67.5 Å². The summed E-state index contributed by atoms with van der Waals surface area (Å²) in [7, 11) is 0. The van der Waals surface area contributed by atoms with E-state index in [1.165, 1.54) is 73.5 Å². The summed E-state index contributed by atoms with van der Waals surface area (Å²) in [6, 6.07) is 6.15. The molecular weight excluding hydrogens is 592 g/mol. The molecule has 1 aromatic carbocycles. The van der Waals surface area contributed by atoms with Gasteiger partial charge < -0.3 is 19.2 Å². The molecule has 0 saturated heterocycles. The zero-order chi connectivity index (χ0) is 26.6. The topological polar surface area (TPSA) is 100 Å². The Labute approximate surface area is 217 Å². The van der Waals surface area contributed by atoms with Crippen molar-refractivity contribution in [3.05, 3.63) is 44.2 Å². The van der Waals surface area contributed by atoms with E-state index in [1.54, 1.807) is 12.1 Å². The third-order valence-corrected chi connectivity index (χ3v) is 6.25. The predicted molar refractivity (Wildman–Crippen MR) is 126 cm³/mol. The van der Waals surface area contributed by atoms with Gasteiger partial charge in [-0.1, -0.05) is 12.1 Å². The van der Waals surface area contributed by atoms with Crippen LogP contribution in [0.5, 0.6) is 11.5 Å². The van der Waals surface area contributed by atoms with Crippen LogP contribution >= 0.6 is 0 Å². The Morgan fingerprint density at radius 1 is 0.515 bits per heavy atom. The van der Waals surface area contributed by atoms with Gasteiger partial charge in [0.2, 0.25) is 0 Å². The Balaban J connectivity index is -0.0000000731. The Bertz CT molecular complexity index is 479. The maximum Gasteiger partial charge on any atom is 0 e.